The molecule has 0 aliphatic heterocycles. The number of sulfonamides is 1. The van der Waals surface area contributed by atoms with Crippen molar-refractivity contribution in [3.8, 4) is 0 Å². The molecule has 118 valence electrons. The second-order valence-electron chi connectivity index (χ2n) is 3.82. The number of carboxylic acids is 1. The highest BCUT2D eigenvalue weighted by Gasteiger charge is 2.28. The number of hydrogen-bond donors (Lipinski definition) is 2. The van der Waals surface area contributed by atoms with Gasteiger partial charge in [0.2, 0.25) is 10.0 Å². The molecule has 0 spiro atoms. The first kappa shape index (κ1) is 18.6. The molecule has 11 heteroatoms. The van der Waals surface area contributed by atoms with Crippen LogP contribution < -0.4 is 4.72 Å². The molecule has 1 rings (SSSR count). The number of thiophene rings is 1. The fraction of sp³-hybridized carbons (Fsp3) is 0.400. The van der Waals surface area contributed by atoms with E-state index in [0.717, 1.165) is 11.3 Å². The molecule has 0 aliphatic rings. The first-order chi connectivity index (χ1) is 9.67. The quantitative estimate of drug-likeness (QED) is 0.597. The third kappa shape index (κ3) is 5.33. The third-order valence-electron chi connectivity index (χ3n) is 2.38. The van der Waals surface area contributed by atoms with Gasteiger partial charge in [-0.3, -0.25) is 9.59 Å². The first-order valence-corrected chi connectivity index (χ1v) is 9.32. The van der Waals surface area contributed by atoms with Gasteiger partial charge in [-0.25, -0.2) is 8.42 Å². The van der Waals surface area contributed by atoms with Gasteiger partial charge in [-0.15, -0.1) is 11.3 Å². The van der Waals surface area contributed by atoms with Crippen molar-refractivity contribution in [1.29, 1.82) is 0 Å². The lowest BCUT2D eigenvalue weighted by atomic mass is 10.2. The van der Waals surface area contributed by atoms with Crippen molar-refractivity contribution < 1.29 is 27.9 Å². The Labute approximate surface area is 142 Å². The van der Waals surface area contributed by atoms with Crippen LogP contribution in [-0.2, 0) is 24.3 Å². The van der Waals surface area contributed by atoms with Gasteiger partial charge in [0.15, 0.2) is 0 Å². The molecule has 1 aromatic heterocycles. The van der Waals surface area contributed by atoms with Crippen molar-refractivity contribution >= 4 is 65.2 Å². The number of ether oxygens (including phenoxy) is 1. The predicted molar refractivity (Wildman–Crippen MR) is 82.7 cm³/mol. The van der Waals surface area contributed by atoms with E-state index in [1.807, 2.05) is 0 Å². The van der Waals surface area contributed by atoms with Crippen LogP contribution in [0.5, 0.6) is 0 Å². The van der Waals surface area contributed by atoms with Crippen LogP contribution in [0.1, 0.15) is 12.8 Å². The number of carboxylic acid groups (broad SMARTS) is 1. The maximum Gasteiger partial charge on any atom is 0.321 e. The summed E-state index contributed by atoms with van der Waals surface area (Å²) in [7, 11) is -2.85. The van der Waals surface area contributed by atoms with Gasteiger partial charge in [0, 0.05) is 6.42 Å². The molecule has 0 radical (unpaired) electrons. The topological polar surface area (TPSA) is 110 Å². The number of esters is 1. The summed E-state index contributed by atoms with van der Waals surface area (Å²) < 4.78 is 31.7. The average Bonchev–Trinajstić information content (AvgIpc) is 2.73. The molecule has 7 nitrogen and oxygen atoms in total. The van der Waals surface area contributed by atoms with Crippen molar-refractivity contribution in [3.05, 3.63) is 13.6 Å². The number of carbonyl (C=O) groups is 2. The molecule has 1 aromatic rings. The molecule has 0 saturated carbocycles. The second kappa shape index (κ2) is 7.68. The molecule has 21 heavy (non-hydrogen) atoms. The minimum atomic E-state index is -4.02. The molecule has 1 heterocycles. The minimum absolute atomic E-state index is 0.0660. The van der Waals surface area contributed by atoms with E-state index in [2.05, 4.69) is 41.3 Å². The van der Waals surface area contributed by atoms with Crippen LogP contribution in [0.3, 0.4) is 0 Å². The van der Waals surface area contributed by atoms with Crippen LogP contribution in [0.15, 0.2) is 18.5 Å². The summed E-state index contributed by atoms with van der Waals surface area (Å²) >= 11 is 7.40. The molecule has 0 amide bonds. The Hall–Kier alpha value is -0.490. The van der Waals surface area contributed by atoms with Crippen LogP contribution in [0.2, 0.25) is 0 Å². The van der Waals surface area contributed by atoms with Crippen LogP contribution in [0.25, 0.3) is 0 Å². The van der Waals surface area contributed by atoms with Gasteiger partial charge in [0.1, 0.15) is 10.9 Å². The highest BCUT2D eigenvalue weighted by Crippen LogP contribution is 2.34. The number of methoxy groups -OCH3 is 1. The normalized spacial score (nSPS) is 12.9. The van der Waals surface area contributed by atoms with E-state index >= 15 is 0 Å². The summed E-state index contributed by atoms with van der Waals surface area (Å²) in [5.74, 6) is -1.98. The zero-order chi connectivity index (χ0) is 16.2. The Bertz CT molecular complexity index is 642. The van der Waals surface area contributed by atoms with Crippen molar-refractivity contribution in [2.75, 3.05) is 7.11 Å². The molecule has 2 N–H and O–H groups in total. The van der Waals surface area contributed by atoms with Gasteiger partial charge in [0.05, 0.1) is 14.7 Å². The Balaban J connectivity index is 2.90. The van der Waals surface area contributed by atoms with Gasteiger partial charge >= 0.3 is 11.9 Å². The standard InChI is InChI=1S/C10H11Br2NO6S2/c1-19-8(14)3-2-5(10(15)16)13-21(17,18)6-4-7(11)20-9(6)12/h4-5,13H,2-3H2,1H3,(H,15,16)/t5-/m0/s1. The number of halogens is 2. The monoisotopic (exact) mass is 463 g/mol. The molecule has 0 unspecified atom stereocenters. The Morgan fingerprint density at radius 3 is 2.52 bits per heavy atom. The molecule has 0 fully saturated rings. The molecular weight excluding hydrogens is 454 g/mol. The van der Waals surface area contributed by atoms with Crippen LogP contribution in [0, 0.1) is 0 Å². The summed E-state index contributed by atoms with van der Waals surface area (Å²) in [6.45, 7) is 0. The van der Waals surface area contributed by atoms with E-state index in [-0.39, 0.29) is 17.7 Å². The van der Waals surface area contributed by atoms with E-state index < -0.39 is 28.0 Å². The van der Waals surface area contributed by atoms with E-state index in [1.165, 1.54) is 13.2 Å². The Morgan fingerprint density at radius 2 is 2.10 bits per heavy atom. The van der Waals surface area contributed by atoms with E-state index in [4.69, 9.17) is 5.11 Å². The predicted octanol–water partition coefficient (Wildman–Crippen LogP) is 1.96. The molecule has 0 bridgehead atoms. The van der Waals surface area contributed by atoms with E-state index in [0.29, 0.717) is 7.57 Å². The summed E-state index contributed by atoms with van der Waals surface area (Å²) in [4.78, 5) is 22.1. The van der Waals surface area contributed by atoms with Crippen molar-refractivity contribution in [3.63, 3.8) is 0 Å². The summed E-state index contributed by atoms with van der Waals surface area (Å²) in [6.07, 6.45) is -0.408. The lowest BCUT2D eigenvalue weighted by molar-refractivity contribution is -0.142. The summed E-state index contributed by atoms with van der Waals surface area (Å²) in [5, 5.41) is 9.05. The van der Waals surface area contributed by atoms with Gasteiger partial charge in [0.25, 0.3) is 0 Å². The Morgan fingerprint density at radius 1 is 1.48 bits per heavy atom. The van der Waals surface area contributed by atoms with E-state index in [9.17, 15) is 18.0 Å². The SMILES string of the molecule is COC(=O)CC[C@H](NS(=O)(=O)c1cc(Br)sc1Br)C(=O)O. The minimum Gasteiger partial charge on any atom is -0.480 e. The zero-order valence-corrected chi connectivity index (χ0v) is 15.4. The van der Waals surface area contributed by atoms with Gasteiger partial charge < -0.3 is 9.84 Å². The number of carbonyl (C=O) groups excluding carboxylic acids is 1. The maximum absolute atomic E-state index is 12.2. The average molecular weight is 465 g/mol. The summed E-state index contributed by atoms with van der Waals surface area (Å²) in [6, 6.07) is -0.0595. The molecule has 0 aromatic carbocycles. The molecular formula is C10H11Br2NO6S2. The van der Waals surface area contributed by atoms with E-state index in [1.54, 1.807) is 0 Å². The number of aliphatic carboxylic acids is 1. The largest absolute Gasteiger partial charge is 0.480 e. The van der Waals surface area contributed by atoms with Crippen molar-refractivity contribution in [2.45, 2.75) is 23.8 Å². The van der Waals surface area contributed by atoms with Crippen molar-refractivity contribution in [2.24, 2.45) is 0 Å². The lowest BCUT2D eigenvalue weighted by Gasteiger charge is -2.13. The van der Waals surface area contributed by atoms with Gasteiger partial charge in [-0.1, -0.05) is 0 Å². The van der Waals surface area contributed by atoms with Gasteiger partial charge in [-0.2, -0.15) is 4.72 Å². The first-order valence-electron chi connectivity index (χ1n) is 5.44. The fourth-order valence-electron chi connectivity index (χ4n) is 1.36. The van der Waals surface area contributed by atoms with Crippen LogP contribution in [0.4, 0.5) is 0 Å². The highest BCUT2D eigenvalue weighted by molar-refractivity contribution is 9.12. The number of rotatable bonds is 7. The zero-order valence-electron chi connectivity index (χ0n) is 10.6. The van der Waals surface area contributed by atoms with Crippen LogP contribution >= 0.6 is 43.2 Å². The molecule has 0 saturated heterocycles. The fourth-order valence-corrected chi connectivity index (χ4v) is 6.39. The maximum atomic E-state index is 12.2. The summed E-state index contributed by atoms with van der Waals surface area (Å²) in [5.41, 5.74) is 0. The Kier molecular flexibility index (Phi) is 6.78. The highest BCUT2D eigenvalue weighted by atomic mass is 79.9. The third-order valence-corrected chi connectivity index (χ3v) is 6.60. The molecule has 0 aliphatic carbocycles. The smallest absolute Gasteiger partial charge is 0.321 e. The number of hydrogen-bond acceptors (Lipinski definition) is 6. The van der Waals surface area contributed by atoms with Gasteiger partial charge in [-0.05, 0) is 44.3 Å². The van der Waals surface area contributed by atoms with Crippen LogP contribution in [-0.4, -0.2) is 38.6 Å². The lowest BCUT2D eigenvalue weighted by Crippen LogP contribution is -2.41. The number of nitrogens with one attached hydrogen (secondary N) is 1. The molecule has 1 atom stereocenters. The van der Waals surface area contributed by atoms with Crippen molar-refractivity contribution in [1.82, 2.24) is 4.72 Å². The second-order valence-corrected chi connectivity index (χ2v) is 9.25.